The van der Waals surface area contributed by atoms with Gasteiger partial charge in [0.25, 0.3) is 0 Å². The molecule has 0 N–H and O–H groups in total. The first kappa shape index (κ1) is 25.2. The van der Waals surface area contributed by atoms with Crippen LogP contribution < -0.4 is 4.90 Å². The van der Waals surface area contributed by atoms with Crippen molar-refractivity contribution < 1.29 is 14.3 Å². The number of amides is 1. The zero-order valence-electron chi connectivity index (χ0n) is 19.6. The molecule has 1 aromatic rings. The van der Waals surface area contributed by atoms with Crippen molar-refractivity contribution >= 4 is 28.9 Å². The quantitative estimate of drug-likeness (QED) is 0.299. The molecule has 1 unspecified atom stereocenters. The minimum absolute atomic E-state index is 0.0458. The number of rotatable bonds is 4. The molecule has 5 heteroatoms. The van der Waals surface area contributed by atoms with Gasteiger partial charge < -0.3 is 9.64 Å². The standard InChI is InChI=1S/C20H25NO3S.C6H12/c1-6-8-14-9-7-12-21(18(14)22)16-13-15(10-11-20(2,3)4)25-17(16)19(23)24-5;1-2-4-6-5-3-1/h6,13-14H,1,7-9,12H2,2-5H3;1-6H2. The topological polar surface area (TPSA) is 46.6 Å². The first-order valence-electron chi connectivity index (χ1n) is 11.4. The summed E-state index contributed by atoms with van der Waals surface area (Å²) in [6.45, 7) is 10.4. The number of carbonyl (C=O) groups is 2. The van der Waals surface area contributed by atoms with Crippen molar-refractivity contribution in [1.29, 1.82) is 0 Å². The van der Waals surface area contributed by atoms with Gasteiger partial charge >= 0.3 is 5.97 Å². The molecule has 1 saturated carbocycles. The van der Waals surface area contributed by atoms with Crippen LogP contribution in [0.1, 0.15) is 93.1 Å². The van der Waals surface area contributed by atoms with Gasteiger partial charge in [0, 0.05) is 17.9 Å². The van der Waals surface area contributed by atoms with Crippen LogP contribution in [0.15, 0.2) is 18.7 Å². The smallest absolute Gasteiger partial charge is 0.350 e. The SMILES string of the molecule is C1CCCCC1.C=CCC1CCCN(c2cc(C#CC(C)(C)C)sc2C(=O)OC)C1=O. The first-order valence-corrected chi connectivity index (χ1v) is 12.3. The Morgan fingerprint density at radius 2 is 1.84 bits per heavy atom. The average Bonchev–Trinajstić information content (AvgIpc) is 3.19. The highest BCUT2D eigenvalue weighted by Crippen LogP contribution is 2.35. The van der Waals surface area contributed by atoms with Crippen molar-refractivity contribution in [2.24, 2.45) is 11.3 Å². The van der Waals surface area contributed by atoms with Crippen molar-refractivity contribution in [2.45, 2.75) is 78.6 Å². The van der Waals surface area contributed by atoms with Crippen LogP contribution in [0.2, 0.25) is 0 Å². The molecule has 0 spiro atoms. The minimum Gasteiger partial charge on any atom is -0.465 e. The van der Waals surface area contributed by atoms with E-state index in [4.69, 9.17) is 4.74 Å². The van der Waals surface area contributed by atoms with Gasteiger partial charge in [0.1, 0.15) is 4.88 Å². The highest BCUT2D eigenvalue weighted by molar-refractivity contribution is 7.15. The van der Waals surface area contributed by atoms with Crippen LogP contribution in [0.4, 0.5) is 5.69 Å². The number of hydrogen-bond donors (Lipinski definition) is 0. The van der Waals surface area contributed by atoms with E-state index in [0.29, 0.717) is 23.5 Å². The number of esters is 1. The van der Waals surface area contributed by atoms with Crippen molar-refractivity contribution in [3.05, 3.63) is 28.5 Å². The molecule has 2 fully saturated rings. The summed E-state index contributed by atoms with van der Waals surface area (Å²) in [4.78, 5) is 27.9. The molecule has 0 bridgehead atoms. The largest absolute Gasteiger partial charge is 0.465 e. The predicted molar refractivity (Wildman–Crippen MR) is 130 cm³/mol. The van der Waals surface area contributed by atoms with Gasteiger partial charge in [-0.2, -0.15) is 0 Å². The number of piperidine rings is 1. The number of thiophene rings is 1. The zero-order valence-corrected chi connectivity index (χ0v) is 20.4. The van der Waals surface area contributed by atoms with Crippen LogP contribution in [-0.4, -0.2) is 25.5 Å². The van der Waals surface area contributed by atoms with E-state index in [1.165, 1.54) is 57.0 Å². The molecule has 2 heterocycles. The third-order valence-electron chi connectivity index (χ3n) is 5.44. The van der Waals surface area contributed by atoms with Gasteiger partial charge in [0.2, 0.25) is 5.91 Å². The number of ether oxygens (including phenoxy) is 1. The Morgan fingerprint density at radius 3 is 2.35 bits per heavy atom. The van der Waals surface area contributed by atoms with Crippen molar-refractivity contribution in [3.63, 3.8) is 0 Å². The second kappa shape index (κ2) is 12.1. The Bertz CT molecular complexity index is 806. The molecule has 170 valence electrons. The molecule has 31 heavy (non-hydrogen) atoms. The van der Waals surface area contributed by atoms with Crippen LogP contribution in [-0.2, 0) is 9.53 Å². The Morgan fingerprint density at radius 1 is 1.23 bits per heavy atom. The van der Waals surface area contributed by atoms with E-state index in [9.17, 15) is 9.59 Å². The summed E-state index contributed by atoms with van der Waals surface area (Å²) in [5.74, 6) is 5.84. The normalized spacial score (nSPS) is 18.9. The van der Waals surface area contributed by atoms with E-state index in [-0.39, 0.29) is 17.2 Å². The highest BCUT2D eigenvalue weighted by Gasteiger charge is 2.32. The third kappa shape index (κ3) is 7.85. The Hall–Kier alpha value is -2.06. The molecular formula is C26H37NO3S. The molecule has 4 nitrogen and oxygen atoms in total. The zero-order chi connectivity index (χ0) is 22.9. The van der Waals surface area contributed by atoms with Crippen molar-refractivity contribution in [3.8, 4) is 11.8 Å². The first-order chi connectivity index (χ1) is 14.8. The van der Waals surface area contributed by atoms with E-state index in [0.717, 1.165) is 17.7 Å². The molecule has 1 saturated heterocycles. The van der Waals surface area contributed by atoms with E-state index in [2.05, 4.69) is 18.4 Å². The van der Waals surface area contributed by atoms with E-state index in [1.807, 2.05) is 26.8 Å². The van der Waals surface area contributed by atoms with Crippen LogP contribution in [0.5, 0.6) is 0 Å². The lowest BCUT2D eigenvalue weighted by molar-refractivity contribution is -0.123. The molecular weight excluding hydrogens is 406 g/mol. The maximum Gasteiger partial charge on any atom is 0.350 e. The van der Waals surface area contributed by atoms with Gasteiger partial charge in [-0.25, -0.2) is 4.79 Å². The molecule has 0 radical (unpaired) electrons. The molecule has 2 aliphatic rings. The summed E-state index contributed by atoms with van der Waals surface area (Å²) >= 11 is 1.28. The summed E-state index contributed by atoms with van der Waals surface area (Å²) in [5, 5.41) is 0. The van der Waals surface area contributed by atoms with Crippen LogP contribution in [0.25, 0.3) is 0 Å². The van der Waals surface area contributed by atoms with Gasteiger partial charge in [0.15, 0.2) is 0 Å². The molecule has 1 aliphatic heterocycles. The van der Waals surface area contributed by atoms with Gasteiger partial charge in [-0.3, -0.25) is 4.79 Å². The molecule has 1 amide bonds. The predicted octanol–water partition coefficient (Wildman–Crippen LogP) is 6.59. The average molecular weight is 444 g/mol. The number of hydrogen-bond acceptors (Lipinski definition) is 4. The van der Waals surface area contributed by atoms with E-state index in [1.54, 1.807) is 11.0 Å². The van der Waals surface area contributed by atoms with E-state index >= 15 is 0 Å². The fourth-order valence-electron chi connectivity index (χ4n) is 3.80. The minimum atomic E-state index is -0.428. The van der Waals surface area contributed by atoms with Gasteiger partial charge in [-0.15, -0.1) is 17.9 Å². The van der Waals surface area contributed by atoms with Crippen molar-refractivity contribution in [1.82, 2.24) is 0 Å². The lowest BCUT2D eigenvalue weighted by atomic mass is 9.93. The van der Waals surface area contributed by atoms with Gasteiger partial charge in [-0.1, -0.05) is 56.4 Å². The Balaban J connectivity index is 0.000000488. The number of allylic oxidation sites excluding steroid dienone is 1. The fourth-order valence-corrected chi connectivity index (χ4v) is 4.73. The van der Waals surface area contributed by atoms with Gasteiger partial charge in [-0.05, 0) is 46.1 Å². The third-order valence-corrected chi connectivity index (χ3v) is 6.46. The molecule has 1 aromatic heterocycles. The maximum atomic E-state index is 12.8. The summed E-state index contributed by atoms with van der Waals surface area (Å²) in [6, 6.07) is 1.84. The number of methoxy groups -OCH3 is 1. The van der Waals surface area contributed by atoms with Crippen LogP contribution in [0.3, 0.4) is 0 Å². The number of carbonyl (C=O) groups excluding carboxylic acids is 2. The lowest BCUT2D eigenvalue weighted by Crippen LogP contribution is -2.41. The maximum absolute atomic E-state index is 12.8. The molecule has 1 atom stereocenters. The number of anilines is 1. The summed E-state index contributed by atoms with van der Waals surface area (Å²) in [5.41, 5.74) is 0.486. The van der Waals surface area contributed by atoms with Crippen molar-refractivity contribution in [2.75, 3.05) is 18.6 Å². The summed E-state index contributed by atoms with van der Waals surface area (Å²) < 4.78 is 4.91. The molecule has 3 rings (SSSR count). The number of nitrogens with zero attached hydrogens (tertiary/aromatic N) is 1. The molecule has 1 aliphatic carbocycles. The summed E-state index contributed by atoms with van der Waals surface area (Å²) in [7, 11) is 1.35. The Kier molecular flexibility index (Phi) is 9.84. The molecule has 0 aromatic carbocycles. The highest BCUT2D eigenvalue weighted by atomic mass is 32.1. The monoisotopic (exact) mass is 443 g/mol. The van der Waals surface area contributed by atoms with Crippen LogP contribution in [0, 0.1) is 23.2 Å². The van der Waals surface area contributed by atoms with E-state index < -0.39 is 5.97 Å². The summed E-state index contributed by atoms with van der Waals surface area (Å²) in [6.07, 6.45) is 13.2. The Labute approximate surface area is 192 Å². The lowest BCUT2D eigenvalue weighted by Gasteiger charge is -2.31. The van der Waals surface area contributed by atoms with Gasteiger partial charge in [0.05, 0.1) is 17.7 Å². The fraction of sp³-hybridized carbons (Fsp3) is 0.615. The second-order valence-electron chi connectivity index (χ2n) is 9.29. The second-order valence-corrected chi connectivity index (χ2v) is 10.3. The van der Waals surface area contributed by atoms with Crippen LogP contribution >= 0.6 is 11.3 Å².